The maximum atomic E-state index is 13.4. The standard InChI is InChI=1S/C27H26O4/c1-2-19-8-7-18(13-23(19)22-6-4-3-5-20(22)16-28)14-26(29)27(11-12-27)21-9-10-24-25(15-21)31-17-30-24/h3-10,13,15,28H,2,11-12,14,16-17H2,1H3. The van der Waals surface area contributed by atoms with E-state index in [0.717, 1.165) is 58.6 Å². The summed E-state index contributed by atoms with van der Waals surface area (Å²) in [5, 5.41) is 9.79. The minimum Gasteiger partial charge on any atom is -0.454 e. The summed E-state index contributed by atoms with van der Waals surface area (Å²) in [6, 6.07) is 20.1. The molecule has 5 rings (SSSR count). The summed E-state index contributed by atoms with van der Waals surface area (Å²) in [5.41, 5.74) is 5.88. The molecule has 0 saturated heterocycles. The van der Waals surface area contributed by atoms with Gasteiger partial charge in [0.25, 0.3) is 0 Å². The number of hydrogen-bond acceptors (Lipinski definition) is 4. The van der Waals surface area contributed by atoms with E-state index in [1.54, 1.807) is 0 Å². The summed E-state index contributed by atoms with van der Waals surface area (Å²) in [4.78, 5) is 13.4. The van der Waals surface area contributed by atoms with Gasteiger partial charge < -0.3 is 14.6 Å². The number of aliphatic hydroxyl groups is 1. The molecular weight excluding hydrogens is 388 g/mol. The van der Waals surface area contributed by atoms with Crippen LogP contribution in [-0.2, 0) is 29.7 Å². The quantitative estimate of drug-likeness (QED) is 0.592. The topological polar surface area (TPSA) is 55.8 Å². The molecule has 158 valence electrons. The number of fused-ring (bicyclic) bond motifs is 1. The Kier molecular flexibility index (Phi) is 5.03. The van der Waals surface area contributed by atoms with Gasteiger partial charge in [-0.1, -0.05) is 55.5 Å². The second-order valence-electron chi connectivity index (χ2n) is 8.41. The highest BCUT2D eigenvalue weighted by molar-refractivity contribution is 5.95. The molecule has 1 aliphatic carbocycles. The summed E-state index contributed by atoms with van der Waals surface area (Å²) in [5.74, 6) is 1.72. The molecule has 0 spiro atoms. The van der Waals surface area contributed by atoms with Gasteiger partial charge in [0.05, 0.1) is 12.0 Å². The third-order valence-electron chi connectivity index (χ3n) is 6.61. The molecule has 31 heavy (non-hydrogen) atoms. The molecule has 1 fully saturated rings. The zero-order valence-electron chi connectivity index (χ0n) is 17.7. The minimum atomic E-state index is -0.409. The van der Waals surface area contributed by atoms with Crippen LogP contribution in [0.15, 0.2) is 60.7 Å². The van der Waals surface area contributed by atoms with Gasteiger partial charge in [0.2, 0.25) is 6.79 Å². The number of Topliss-reactive ketones (excluding diaryl/α,β-unsaturated/α-hetero) is 1. The molecule has 4 nitrogen and oxygen atoms in total. The van der Waals surface area contributed by atoms with Crippen LogP contribution in [0.25, 0.3) is 11.1 Å². The molecule has 0 aromatic heterocycles. The lowest BCUT2D eigenvalue weighted by atomic mass is 9.86. The van der Waals surface area contributed by atoms with Crippen molar-refractivity contribution >= 4 is 5.78 Å². The number of aliphatic hydroxyl groups excluding tert-OH is 1. The van der Waals surface area contributed by atoms with Crippen LogP contribution in [0.2, 0.25) is 0 Å². The highest BCUT2D eigenvalue weighted by Crippen LogP contribution is 2.51. The lowest BCUT2D eigenvalue weighted by Crippen LogP contribution is -2.22. The van der Waals surface area contributed by atoms with Crippen molar-refractivity contribution < 1.29 is 19.4 Å². The molecule has 0 bridgehead atoms. The molecule has 0 radical (unpaired) electrons. The summed E-state index contributed by atoms with van der Waals surface area (Å²) in [6.45, 7) is 2.36. The Hall–Kier alpha value is -3.11. The second kappa shape index (κ2) is 7.86. The van der Waals surface area contributed by atoms with Crippen LogP contribution in [0.4, 0.5) is 0 Å². The van der Waals surface area contributed by atoms with Crippen molar-refractivity contribution in [1.29, 1.82) is 0 Å². The Balaban J connectivity index is 1.44. The van der Waals surface area contributed by atoms with Crippen LogP contribution in [0.3, 0.4) is 0 Å². The number of benzene rings is 3. The number of ketones is 1. The maximum absolute atomic E-state index is 13.4. The van der Waals surface area contributed by atoms with Gasteiger partial charge in [0, 0.05) is 6.42 Å². The first-order chi connectivity index (χ1) is 15.1. The lowest BCUT2D eigenvalue weighted by Gasteiger charge is -2.17. The normalized spacial score (nSPS) is 15.7. The van der Waals surface area contributed by atoms with Crippen LogP contribution in [0, 0.1) is 0 Å². The van der Waals surface area contributed by atoms with Gasteiger partial charge in [-0.25, -0.2) is 0 Å². The van der Waals surface area contributed by atoms with Crippen LogP contribution in [0.5, 0.6) is 11.5 Å². The number of carbonyl (C=O) groups is 1. The largest absolute Gasteiger partial charge is 0.454 e. The van der Waals surface area contributed by atoms with E-state index in [1.807, 2.05) is 42.5 Å². The SMILES string of the molecule is CCc1ccc(CC(=O)C2(c3ccc4c(c3)OCO4)CC2)cc1-c1ccccc1CO. The number of aryl methyl sites for hydroxylation is 1. The van der Waals surface area contributed by atoms with Gasteiger partial charge in [0.15, 0.2) is 11.5 Å². The molecule has 1 N–H and O–H groups in total. The molecular formula is C27H26O4. The Morgan fingerprint density at radius 2 is 1.74 bits per heavy atom. The molecule has 1 heterocycles. The van der Waals surface area contributed by atoms with Gasteiger partial charge in [-0.05, 0) is 64.8 Å². The minimum absolute atomic E-state index is 0.00426. The number of carbonyl (C=O) groups excluding carboxylic acids is 1. The first-order valence-corrected chi connectivity index (χ1v) is 10.9. The van der Waals surface area contributed by atoms with Crippen molar-refractivity contribution in [3.63, 3.8) is 0 Å². The van der Waals surface area contributed by atoms with Gasteiger partial charge in [-0.15, -0.1) is 0 Å². The fourth-order valence-electron chi connectivity index (χ4n) is 4.62. The smallest absolute Gasteiger partial charge is 0.231 e. The average Bonchev–Trinajstić information content (AvgIpc) is 3.50. The zero-order chi connectivity index (χ0) is 21.4. The molecule has 3 aromatic rings. The van der Waals surface area contributed by atoms with Crippen LogP contribution in [0.1, 0.15) is 42.0 Å². The van der Waals surface area contributed by atoms with Crippen molar-refractivity contribution in [2.24, 2.45) is 0 Å². The molecule has 1 saturated carbocycles. The Labute approximate surface area is 182 Å². The van der Waals surface area contributed by atoms with Crippen LogP contribution < -0.4 is 9.47 Å². The van der Waals surface area contributed by atoms with E-state index in [0.29, 0.717) is 6.42 Å². The van der Waals surface area contributed by atoms with E-state index < -0.39 is 5.41 Å². The first-order valence-electron chi connectivity index (χ1n) is 10.9. The van der Waals surface area contributed by atoms with E-state index in [2.05, 4.69) is 25.1 Å². The Morgan fingerprint density at radius 3 is 2.52 bits per heavy atom. The van der Waals surface area contributed by atoms with Crippen molar-refractivity contribution in [3.05, 3.63) is 82.9 Å². The van der Waals surface area contributed by atoms with Gasteiger partial charge >= 0.3 is 0 Å². The summed E-state index contributed by atoms with van der Waals surface area (Å²) >= 11 is 0. The lowest BCUT2D eigenvalue weighted by molar-refractivity contribution is -0.120. The Morgan fingerprint density at radius 1 is 0.935 bits per heavy atom. The second-order valence-corrected chi connectivity index (χ2v) is 8.41. The molecule has 3 aromatic carbocycles. The van der Waals surface area contributed by atoms with E-state index in [1.165, 1.54) is 5.56 Å². The van der Waals surface area contributed by atoms with Gasteiger partial charge in [-0.3, -0.25) is 4.79 Å². The van der Waals surface area contributed by atoms with E-state index >= 15 is 0 Å². The Bertz CT molecular complexity index is 1140. The van der Waals surface area contributed by atoms with E-state index in [-0.39, 0.29) is 19.2 Å². The summed E-state index contributed by atoms with van der Waals surface area (Å²) < 4.78 is 10.9. The van der Waals surface area contributed by atoms with Gasteiger partial charge in [-0.2, -0.15) is 0 Å². The number of ether oxygens (including phenoxy) is 2. The molecule has 0 amide bonds. The predicted octanol–water partition coefficient (Wildman–Crippen LogP) is 4.98. The fraction of sp³-hybridized carbons (Fsp3) is 0.296. The van der Waals surface area contributed by atoms with E-state index in [4.69, 9.17) is 9.47 Å². The average molecular weight is 415 g/mol. The predicted molar refractivity (Wildman–Crippen MR) is 119 cm³/mol. The molecule has 0 unspecified atom stereocenters. The summed E-state index contributed by atoms with van der Waals surface area (Å²) in [7, 11) is 0. The van der Waals surface area contributed by atoms with Crippen LogP contribution in [-0.4, -0.2) is 17.7 Å². The highest BCUT2D eigenvalue weighted by atomic mass is 16.7. The van der Waals surface area contributed by atoms with Crippen molar-refractivity contribution in [2.75, 3.05) is 6.79 Å². The monoisotopic (exact) mass is 414 g/mol. The third kappa shape index (κ3) is 3.51. The summed E-state index contributed by atoms with van der Waals surface area (Å²) in [6.07, 6.45) is 3.04. The zero-order valence-corrected chi connectivity index (χ0v) is 17.7. The van der Waals surface area contributed by atoms with Gasteiger partial charge in [0.1, 0.15) is 5.78 Å². The highest BCUT2D eigenvalue weighted by Gasteiger charge is 2.50. The molecule has 0 atom stereocenters. The number of rotatable bonds is 7. The van der Waals surface area contributed by atoms with Crippen molar-refractivity contribution in [3.8, 4) is 22.6 Å². The van der Waals surface area contributed by atoms with Crippen LogP contribution >= 0.6 is 0 Å². The van der Waals surface area contributed by atoms with E-state index in [9.17, 15) is 9.90 Å². The molecule has 1 aliphatic heterocycles. The third-order valence-corrected chi connectivity index (χ3v) is 6.61. The first kappa shape index (κ1) is 19.8. The number of hydrogen-bond donors (Lipinski definition) is 1. The fourth-order valence-corrected chi connectivity index (χ4v) is 4.62. The molecule has 4 heteroatoms. The molecule has 2 aliphatic rings. The van der Waals surface area contributed by atoms with Crippen molar-refractivity contribution in [1.82, 2.24) is 0 Å². The van der Waals surface area contributed by atoms with Crippen molar-refractivity contribution in [2.45, 2.75) is 44.6 Å². The maximum Gasteiger partial charge on any atom is 0.231 e.